The molecule has 5 nitrogen and oxygen atoms in total. The second-order valence-corrected chi connectivity index (χ2v) is 5.72. The van der Waals surface area contributed by atoms with Gasteiger partial charge in [0.25, 0.3) is 0 Å². The molecule has 1 fully saturated rings. The number of carboxylic acids is 1. The molecule has 5 heteroatoms. The zero-order chi connectivity index (χ0) is 14.3. The summed E-state index contributed by atoms with van der Waals surface area (Å²) in [5, 5.41) is 12.4. The first-order valence-corrected chi connectivity index (χ1v) is 6.96. The van der Waals surface area contributed by atoms with Crippen molar-refractivity contribution in [2.24, 2.45) is 5.92 Å². The van der Waals surface area contributed by atoms with E-state index >= 15 is 0 Å². The predicted molar refractivity (Wildman–Crippen MR) is 73.1 cm³/mol. The van der Waals surface area contributed by atoms with E-state index in [1.165, 1.54) is 5.56 Å². The van der Waals surface area contributed by atoms with E-state index in [-0.39, 0.29) is 18.8 Å². The molecule has 2 N–H and O–H groups in total. The van der Waals surface area contributed by atoms with Gasteiger partial charge >= 0.3 is 5.97 Å². The van der Waals surface area contributed by atoms with Crippen molar-refractivity contribution >= 4 is 5.97 Å². The molecule has 2 atom stereocenters. The first kappa shape index (κ1) is 13.2. The van der Waals surface area contributed by atoms with Gasteiger partial charge in [0, 0.05) is 12.6 Å². The Balaban J connectivity index is 1.94. The Kier molecular flexibility index (Phi) is 3.30. The first-order valence-electron chi connectivity index (χ1n) is 6.96. The van der Waals surface area contributed by atoms with Crippen LogP contribution < -0.4 is 14.8 Å². The number of hydrogen-bond acceptors (Lipinski definition) is 4. The maximum atomic E-state index is 11.1. The van der Waals surface area contributed by atoms with Crippen molar-refractivity contribution in [1.82, 2.24) is 5.32 Å². The zero-order valence-electron chi connectivity index (χ0n) is 11.7. The van der Waals surface area contributed by atoms with E-state index < -0.39 is 5.97 Å². The third-order valence-electron chi connectivity index (χ3n) is 4.06. The van der Waals surface area contributed by atoms with Gasteiger partial charge in [0.1, 0.15) is 0 Å². The molecule has 2 heterocycles. The minimum absolute atomic E-state index is 0.0722. The molecule has 20 heavy (non-hydrogen) atoms. The Morgan fingerprint density at radius 2 is 2.05 bits per heavy atom. The molecule has 0 aliphatic carbocycles. The van der Waals surface area contributed by atoms with Crippen LogP contribution in [-0.2, 0) is 4.79 Å². The van der Waals surface area contributed by atoms with E-state index in [0.29, 0.717) is 18.9 Å². The van der Waals surface area contributed by atoms with Crippen LogP contribution in [0, 0.1) is 5.92 Å². The van der Waals surface area contributed by atoms with Gasteiger partial charge in [-0.1, -0.05) is 13.8 Å². The van der Waals surface area contributed by atoms with Crippen LogP contribution in [0.3, 0.4) is 0 Å². The highest BCUT2D eigenvalue weighted by Crippen LogP contribution is 2.41. The molecule has 1 aromatic carbocycles. The highest BCUT2D eigenvalue weighted by molar-refractivity contribution is 5.71. The first-order chi connectivity index (χ1) is 9.56. The lowest BCUT2D eigenvalue weighted by atomic mass is 9.90. The quantitative estimate of drug-likeness (QED) is 0.887. The van der Waals surface area contributed by atoms with Crippen molar-refractivity contribution in [1.29, 1.82) is 0 Å². The topological polar surface area (TPSA) is 67.8 Å². The number of aliphatic carboxylic acids is 1. The third kappa shape index (κ3) is 2.22. The molecule has 0 spiro atoms. The Labute approximate surface area is 117 Å². The van der Waals surface area contributed by atoms with E-state index in [1.54, 1.807) is 0 Å². The number of carboxylic acid groups (broad SMARTS) is 1. The Morgan fingerprint density at radius 1 is 1.35 bits per heavy atom. The number of fused-ring (bicyclic) bond motifs is 1. The fourth-order valence-electron chi connectivity index (χ4n) is 2.94. The fourth-order valence-corrected chi connectivity index (χ4v) is 2.94. The summed E-state index contributed by atoms with van der Waals surface area (Å²) in [6.45, 7) is 5.04. The van der Waals surface area contributed by atoms with Gasteiger partial charge in [-0.05, 0) is 35.6 Å². The van der Waals surface area contributed by atoms with E-state index in [0.717, 1.165) is 17.1 Å². The molecule has 108 valence electrons. The van der Waals surface area contributed by atoms with E-state index in [4.69, 9.17) is 14.6 Å². The van der Waals surface area contributed by atoms with E-state index in [1.807, 2.05) is 12.1 Å². The predicted octanol–water partition coefficient (Wildman–Crippen LogP) is 2.27. The lowest BCUT2D eigenvalue weighted by molar-refractivity contribution is -0.141. The van der Waals surface area contributed by atoms with Crippen molar-refractivity contribution in [3.05, 3.63) is 23.3 Å². The minimum Gasteiger partial charge on any atom is -0.481 e. The van der Waals surface area contributed by atoms with Crippen LogP contribution in [0.2, 0.25) is 0 Å². The summed E-state index contributed by atoms with van der Waals surface area (Å²) in [5.41, 5.74) is 2.32. The monoisotopic (exact) mass is 277 g/mol. The van der Waals surface area contributed by atoms with Crippen LogP contribution in [-0.4, -0.2) is 24.4 Å². The molecular formula is C15H19NO4. The van der Waals surface area contributed by atoms with Crippen LogP contribution >= 0.6 is 0 Å². The summed E-state index contributed by atoms with van der Waals surface area (Å²) in [4.78, 5) is 11.1. The average molecular weight is 277 g/mol. The van der Waals surface area contributed by atoms with Gasteiger partial charge in [-0.2, -0.15) is 0 Å². The van der Waals surface area contributed by atoms with E-state index in [9.17, 15) is 4.79 Å². The molecule has 0 aromatic heterocycles. The SMILES string of the molecule is CC(C)c1cc2c(cc1C1CC(C(=O)O)CN1)OCO2. The van der Waals surface area contributed by atoms with E-state index in [2.05, 4.69) is 19.2 Å². The Hall–Kier alpha value is -1.75. The molecule has 2 unspecified atom stereocenters. The van der Waals surface area contributed by atoms with Crippen molar-refractivity contribution < 1.29 is 19.4 Å². The normalized spacial score (nSPS) is 24.4. The second kappa shape index (κ2) is 4.98. The van der Waals surface area contributed by atoms with Crippen LogP contribution in [0.25, 0.3) is 0 Å². The van der Waals surface area contributed by atoms with Gasteiger partial charge in [-0.25, -0.2) is 0 Å². The molecule has 2 aliphatic rings. The van der Waals surface area contributed by atoms with Crippen molar-refractivity contribution in [2.45, 2.75) is 32.2 Å². The van der Waals surface area contributed by atoms with Crippen LogP contribution in [0.5, 0.6) is 11.5 Å². The second-order valence-electron chi connectivity index (χ2n) is 5.72. The lowest BCUT2D eigenvalue weighted by Gasteiger charge is -2.19. The number of ether oxygens (including phenoxy) is 2. The number of hydrogen-bond donors (Lipinski definition) is 2. The molecule has 0 bridgehead atoms. The lowest BCUT2D eigenvalue weighted by Crippen LogP contribution is -2.18. The van der Waals surface area contributed by atoms with Crippen molar-refractivity contribution in [3.8, 4) is 11.5 Å². The number of nitrogens with one attached hydrogen (secondary N) is 1. The molecule has 0 saturated carbocycles. The van der Waals surface area contributed by atoms with Crippen LogP contribution in [0.1, 0.15) is 43.4 Å². The summed E-state index contributed by atoms with van der Waals surface area (Å²) in [6, 6.07) is 4.10. The van der Waals surface area contributed by atoms with Gasteiger partial charge in [0.05, 0.1) is 5.92 Å². The average Bonchev–Trinajstić information content (AvgIpc) is 3.05. The smallest absolute Gasteiger partial charge is 0.307 e. The number of carbonyl (C=O) groups is 1. The standard InChI is InChI=1S/C15H19NO4/c1-8(2)10-4-13-14(20-7-19-13)5-11(10)12-3-9(6-16-12)15(17)18/h4-5,8-9,12,16H,3,6-7H2,1-2H3,(H,17,18). The Bertz CT molecular complexity index is 541. The molecular weight excluding hydrogens is 258 g/mol. The highest BCUT2D eigenvalue weighted by atomic mass is 16.7. The fraction of sp³-hybridized carbons (Fsp3) is 0.533. The van der Waals surface area contributed by atoms with Gasteiger partial charge in [0.15, 0.2) is 11.5 Å². The summed E-state index contributed by atoms with van der Waals surface area (Å²) in [6.07, 6.45) is 0.620. The minimum atomic E-state index is -0.730. The van der Waals surface area contributed by atoms with Crippen LogP contribution in [0.4, 0.5) is 0 Å². The summed E-state index contributed by atoms with van der Waals surface area (Å²) in [5.74, 6) is 0.845. The molecule has 1 saturated heterocycles. The van der Waals surface area contributed by atoms with Gasteiger partial charge in [0.2, 0.25) is 6.79 Å². The highest BCUT2D eigenvalue weighted by Gasteiger charge is 2.32. The maximum absolute atomic E-state index is 11.1. The molecule has 3 rings (SSSR count). The molecule has 2 aliphatic heterocycles. The van der Waals surface area contributed by atoms with Crippen LogP contribution in [0.15, 0.2) is 12.1 Å². The largest absolute Gasteiger partial charge is 0.481 e. The zero-order valence-corrected chi connectivity index (χ0v) is 11.7. The number of benzene rings is 1. The summed E-state index contributed by atoms with van der Waals surface area (Å²) in [7, 11) is 0. The molecule has 0 radical (unpaired) electrons. The number of rotatable bonds is 3. The molecule has 1 aromatic rings. The third-order valence-corrected chi connectivity index (χ3v) is 4.06. The Morgan fingerprint density at radius 3 is 2.65 bits per heavy atom. The van der Waals surface area contributed by atoms with Crippen molar-refractivity contribution in [2.75, 3.05) is 13.3 Å². The van der Waals surface area contributed by atoms with Gasteiger partial charge < -0.3 is 19.9 Å². The summed E-state index contributed by atoms with van der Waals surface area (Å²) < 4.78 is 10.9. The van der Waals surface area contributed by atoms with Gasteiger partial charge in [-0.15, -0.1) is 0 Å². The maximum Gasteiger partial charge on any atom is 0.307 e. The van der Waals surface area contributed by atoms with Gasteiger partial charge in [-0.3, -0.25) is 4.79 Å². The molecule has 0 amide bonds. The van der Waals surface area contributed by atoms with Crippen molar-refractivity contribution in [3.63, 3.8) is 0 Å². The summed E-state index contributed by atoms with van der Waals surface area (Å²) >= 11 is 0.